The van der Waals surface area contributed by atoms with Crippen LogP contribution < -0.4 is 16.0 Å². The summed E-state index contributed by atoms with van der Waals surface area (Å²) in [5.41, 5.74) is 4.54. The quantitative estimate of drug-likeness (QED) is 0.742. The van der Waals surface area contributed by atoms with Crippen molar-refractivity contribution in [3.8, 4) is 0 Å². The summed E-state index contributed by atoms with van der Waals surface area (Å²) >= 11 is 0. The van der Waals surface area contributed by atoms with Gasteiger partial charge in [0.2, 0.25) is 5.91 Å². The van der Waals surface area contributed by atoms with E-state index in [4.69, 9.17) is 0 Å². The molecule has 0 spiro atoms. The van der Waals surface area contributed by atoms with Gasteiger partial charge in [0, 0.05) is 36.6 Å². The normalized spacial score (nSPS) is 10.7. The predicted octanol–water partition coefficient (Wildman–Crippen LogP) is 2.43. The van der Waals surface area contributed by atoms with Crippen molar-refractivity contribution in [3.05, 3.63) is 46.8 Å². The zero-order chi connectivity index (χ0) is 19.3. The first-order valence-electron chi connectivity index (χ1n) is 8.68. The molecular weight excluding hydrogens is 330 g/mol. The Morgan fingerprint density at radius 3 is 2.35 bits per heavy atom. The summed E-state index contributed by atoms with van der Waals surface area (Å²) in [6, 6.07) is 7.24. The molecule has 2 rings (SSSR count). The minimum Gasteiger partial charge on any atom is -0.352 e. The molecule has 0 aliphatic rings. The van der Waals surface area contributed by atoms with E-state index in [2.05, 4.69) is 21.0 Å². The fourth-order valence-corrected chi connectivity index (χ4v) is 2.63. The van der Waals surface area contributed by atoms with E-state index in [1.807, 2.05) is 59.0 Å². The molecule has 0 bridgehead atoms. The van der Waals surface area contributed by atoms with E-state index in [-0.39, 0.29) is 18.0 Å². The van der Waals surface area contributed by atoms with Gasteiger partial charge in [-0.2, -0.15) is 5.10 Å². The highest BCUT2D eigenvalue weighted by molar-refractivity contribution is 5.89. The summed E-state index contributed by atoms with van der Waals surface area (Å²) in [5, 5.41) is 12.8. The lowest BCUT2D eigenvalue weighted by atomic mass is 10.1. The third kappa shape index (κ3) is 5.34. The largest absolute Gasteiger partial charge is 0.352 e. The molecule has 1 aromatic carbocycles. The Kier molecular flexibility index (Phi) is 6.38. The number of nitrogens with one attached hydrogen (secondary N) is 3. The van der Waals surface area contributed by atoms with Crippen molar-refractivity contribution in [2.75, 3.05) is 5.32 Å². The van der Waals surface area contributed by atoms with Crippen molar-refractivity contribution >= 4 is 17.6 Å². The Labute approximate surface area is 154 Å². The van der Waals surface area contributed by atoms with E-state index in [1.165, 1.54) is 0 Å². The van der Waals surface area contributed by atoms with Gasteiger partial charge in [0.05, 0.1) is 12.1 Å². The van der Waals surface area contributed by atoms with Gasteiger partial charge in [0.1, 0.15) is 0 Å². The van der Waals surface area contributed by atoms with E-state index >= 15 is 0 Å². The highest BCUT2D eigenvalue weighted by Crippen LogP contribution is 2.13. The number of carbonyl (C=O) groups is 2. The van der Waals surface area contributed by atoms with Crippen molar-refractivity contribution < 1.29 is 9.59 Å². The first-order chi connectivity index (χ1) is 12.3. The Morgan fingerprint density at radius 1 is 1.15 bits per heavy atom. The SMILES string of the molecule is Cc1nn(C)c(C)c1CC(=O)NCc1ccc(NC(=O)NC(C)C)cc1. The van der Waals surface area contributed by atoms with Crippen LogP contribution in [0.1, 0.15) is 36.4 Å². The minimum absolute atomic E-state index is 0.0392. The molecule has 0 aliphatic carbocycles. The van der Waals surface area contributed by atoms with Crippen LogP contribution in [0.3, 0.4) is 0 Å². The molecule has 26 heavy (non-hydrogen) atoms. The zero-order valence-corrected chi connectivity index (χ0v) is 16.0. The summed E-state index contributed by atoms with van der Waals surface area (Å²) in [6.45, 7) is 8.12. The second kappa shape index (κ2) is 8.51. The second-order valence-electron chi connectivity index (χ2n) is 6.68. The standard InChI is InChI=1S/C19H27N5O2/c1-12(2)21-19(26)22-16-8-6-15(7-9-16)11-20-18(25)10-17-13(3)23-24(5)14(17)4/h6-9,12H,10-11H2,1-5H3,(H,20,25)(H2,21,22,26). The maximum atomic E-state index is 12.2. The number of urea groups is 1. The van der Waals surface area contributed by atoms with Crippen molar-refractivity contribution in [2.24, 2.45) is 7.05 Å². The van der Waals surface area contributed by atoms with Gasteiger partial charge in [-0.05, 0) is 45.4 Å². The average Bonchev–Trinajstić information content (AvgIpc) is 2.80. The molecule has 140 valence electrons. The molecule has 2 aromatic rings. The van der Waals surface area contributed by atoms with E-state index in [0.717, 1.165) is 22.5 Å². The number of amides is 3. The van der Waals surface area contributed by atoms with E-state index in [0.29, 0.717) is 18.7 Å². The first kappa shape index (κ1) is 19.5. The highest BCUT2D eigenvalue weighted by atomic mass is 16.2. The Bertz CT molecular complexity index is 778. The van der Waals surface area contributed by atoms with Crippen LogP contribution in [-0.2, 0) is 24.8 Å². The Hall–Kier alpha value is -2.83. The van der Waals surface area contributed by atoms with Gasteiger partial charge >= 0.3 is 6.03 Å². The van der Waals surface area contributed by atoms with Gasteiger partial charge < -0.3 is 16.0 Å². The van der Waals surface area contributed by atoms with Gasteiger partial charge in [0.15, 0.2) is 0 Å². The molecule has 1 aromatic heterocycles. The number of hydrogen-bond donors (Lipinski definition) is 3. The molecular formula is C19H27N5O2. The molecule has 7 heteroatoms. The number of aromatic nitrogens is 2. The van der Waals surface area contributed by atoms with Crippen LogP contribution in [0.4, 0.5) is 10.5 Å². The molecule has 3 N–H and O–H groups in total. The number of carbonyl (C=O) groups excluding carboxylic acids is 2. The summed E-state index contributed by atoms with van der Waals surface area (Å²) < 4.78 is 1.79. The van der Waals surface area contributed by atoms with Crippen LogP contribution in [0.25, 0.3) is 0 Å². The minimum atomic E-state index is -0.233. The Morgan fingerprint density at radius 2 is 1.81 bits per heavy atom. The van der Waals surface area contributed by atoms with E-state index < -0.39 is 0 Å². The van der Waals surface area contributed by atoms with Crippen LogP contribution in [-0.4, -0.2) is 27.8 Å². The average molecular weight is 357 g/mol. The monoisotopic (exact) mass is 357 g/mol. The summed E-state index contributed by atoms with van der Waals surface area (Å²) in [5.74, 6) is -0.0392. The number of rotatable bonds is 6. The lowest BCUT2D eigenvalue weighted by Crippen LogP contribution is -2.34. The van der Waals surface area contributed by atoms with Crippen molar-refractivity contribution in [2.45, 2.75) is 46.7 Å². The summed E-state index contributed by atoms with van der Waals surface area (Å²) in [7, 11) is 1.88. The molecule has 7 nitrogen and oxygen atoms in total. The zero-order valence-electron chi connectivity index (χ0n) is 16.0. The van der Waals surface area contributed by atoms with Gasteiger partial charge in [-0.1, -0.05) is 12.1 Å². The number of hydrogen-bond acceptors (Lipinski definition) is 3. The topological polar surface area (TPSA) is 88.1 Å². The molecule has 0 aliphatic heterocycles. The van der Waals surface area contributed by atoms with Gasteiger partial charge in [-0.15, -0.1) is 0 Å². The van der Waals surface area contributed by atoms with Crippen molar-refractivity contribution in [1.29, 1.82) is 0 Å². The maximum absolute atomic E-state index is 12.2. The van der Waals surface area contributed by atoms with Crippen LogP contribution in [0, 0.1) is 13.8 Å². The molecule has 1 heterocycles. The number of aryl methyl sites for hydroxylation is 2. The number of anilines is 1. The molecule has 0 saturated carbocycles. The number of benzene rings is 1. The smallest absolute Gasteiger partial charge is 0.319 e. The summed E-state index contributed by atoms with van der Waals surface area (Å²) in [6.07, 6.45) is 0.320. The molecule has 0 atom stereocenters. The molecule has 0 radical (unpaired) electrons. The Balaban J connectivity index is 1.85. The molecule has 3 amide bonds. The maximum Gasteiger partial charge on any atom is 0.319 e. The second-order valence-corrected chi connectivity index (χ2v) is 6.68. The van der Waals surface area contributed by atoms with Gasteiger partial charge in [0.25, 0.3) is 0 Å². The van der Waals surface area contributed by atoms with Gasteiger partial charge in [-0.25, -0.2) is 4.79 Å². The van der Waals surface area contributed by atoms with Crippen molar-refractivity contribution in [1.82, 2.24) is 20.4 Å². The first-order valence-corrected chi connectivity index (χ1v) is 8.68. The fourth-order valence-electron chi connectivity index (χ4n) is 2.63. The predicted molar refractivity (Wildman–Crippen MR) is 102 cm³/mol. The lowest BCUT2D eigenvalue weighted by Gasteiger charge is -2.11. The molecule has 0 fully saturated rings. The van der Waals surface area contributed by atoms with E-state index in [9.17, 15) is 9.59 Å². The molecule has 0 unspecified atom stereocenters. The highest BCUT2D eigenvalue weighted by Gasteiger charge is 2.13. The van der Waals surface area contributed by atoms with Crippen LogP contribution in [0.2, 0.25) is 0 Å². The molecule has 0 saturated heterocycles. The fraction of sp³-hybridized carbons (Fsp3) is 0.421. The third-order valence-electron chi connectivity index (χ3n) is 4.12. The van der Waals surface area contributed by atoms with E-state index in [1.54, 1.807) is 4.68 Å². The number of nitrogens with zero attached hydrogens (tertiary/aromatic N) is 2. The van der Waals surface area contributed by atoms with Gasteiger partial charge in [-0.3, -0.25) is 9.48 Å². The van der Waals surface area contributed by atoms with Crippen molar-refractivity contribution in [3.63, 3.8) is 0 Å². The third-order valence-corrected chi connectivity index (χ3v) is 4.12. The van der Waals surface area contributed by atoms with Crippen LogP contribution >= 0.6 is 0 Å². The van der Waals surface area contributed by atoms with Crippen LogP contribution in [0.5, 0.6) is 0 Å². The lowest BCUT2D eigenvalue weighted by molar-refractivity contribution is -0.120. The summed E-state index contributed by atoms with van der Waals surface area (Å²) in [4.78, 5) is 23.9. The van der Waals surface area contributed by atoms with Crippen LogP contribution in [0.15, 0.2) is 24.3 Å².